The Hall–Kier alpha value is -0.300. The Kier molecular flexibility index (Phi) is 11.5. The molecule has 1 heteroatoms. The molecule has 0 heterocycles. The Morgan fingerprint density at radius 1 is 0.800 bits per heavy atom. The molecule has 0 amide bonds. The van der Waals surface area contributed by atoms with E-state index in [1.165, 1.54) is 57.9 Å². The second-order valence-corrected chi connectivity index (χ2v) is 4.62. The molecule has 0 unspecified atom stereocenters. The molecule has 0 saturated carbocycles. The average molecular weight is 211 g/mol. The maximum absolute atomic E-state index is 2.35. The first-order valence-electron chi connectivity index (χ1n) is 6.57. The quantitative estimate of drug-likeness (QED) is 0.386. The van der Waals surface area contributed by atoms with Crippen molar-refractivity contribution in [3.63, 3.8) is 0 Å². The number of hydrogen-bond donors (Lipinski definition) is 0. The van der Waals surface area contributed by atoms with Crippen molar-refractivity contribution in [2.75, 3.05) is 20.6 Å². The van der Waals surface area contributed by atoms with Crippen LogP contribution in [0.15, 0.2) is 12.2 Å². The smallest absolute Gasteiger partial charge is 0.00248 e. The first kappa shape index (κ1) is 14.7. The van der Waals surface area contributed by atoms with Gasteiger partial charge in [0.15, 0.2) is 0 Å². The SMILES string of the molecule is CCCC=CCCCCCCCN(C)C. The molecule has 0 N–H and O–H groups in total. The minimum atomic E-state index is 1.25. The van der Waals surface area contributed by atoms with Crippen molar-refractivity contribution in [1.29, 1.82) is 0 Å². The molecule has 0 aromatic rings. The number of rotatable bonds is 10. The van der Waals surface area contributed by atoms with Gasteiger partial charge in [0.1, 0.15) is 0 Å². The van der Waals surface area contributed by atoms with Gasteiger partial charge >= 0.3 is 0 Å². The molecule has 0 aromatic carbocycles. The molecule has 0 radical (unpaired) electrons. The highest BCUT2D eigenvalue weighted by molar-refractivity contribution is 4.80. The van der Waals surface area contributed by atoms with E-state index in [4.69, 9.17) is 0 Å². The summed E-state index contributed by atoms with van der Waals surface area (Å²) in [5.41, 5.74) is 0. The van der Waals surface area contributed by atoms with Crippen LogP contribution in [0.5, 0.6) is 0 Å². The molecule has 0 saturated heterocycles. The summed E-state index contributed by atoms with van der Waals surface area (Å²) in [5, 5.41) is 0. The van der Waals surface area contributed by atoms with Crippen LogP contribution in [0, 0.1) is 0 Å². The number of hydrogen-bond acceptors (Lipinski definition) is 1. The van der Waals surface area contributed by atoms with E-state index in [0.29, 0.717) is 0 Å². The van der Waals surface area contributed by atoms with Gasteiger partial charge in [-0.05, 0) is 46.3 Å². The van der Waals surface area contributed by atoms with Crippen molar-refractivity contribution in [3.05, 3.63) is 12.2 Å². The van der Waals surface area contributed by atoms with Gasteiger partial charge in [-0.1, -0.05) is 44.8 Å². The van der Waals surface area contributed by atoms with E-state index in [-0.39, 0.29) is 0 Å². The van der Waals surface area contributed by atoms with Crippen LogP contribution in [0.2, 0.25) is 0 Å². The van der Waals surface area contributed by atoms with Gasteiger partial charge in [0.2, 0.25) is 0 Å². The zero-order valence-electron chi connectivity index (χ0n) is 11.0. The van der Waals surface area contributed by atoms with Gasteiger partial charge in [0.25, 0.3) is 0 Å². The highest BCUT2D eigenvalue weighted by Crippen LogP contribution is 2.06. The summed E-state index contributed by atoms with van der Waals surface area (Å²) in [6.07, 6.45) is 15.4. The fourth-order valence-electron chi connectivity index (χ4n) is 1.62. The van der Waals surface area contributed by atoms with Gasteiger partial charge in [-0.2, -0.15) is 0 Å². The lowest BCUT2D eigenvalue weighted by Crippen LogP contribution is -2.12. The van der Waals surface area contributed by atoms with E-state index in [1.54, 1.807) is 0 Å². The molecule has 0 fully saturated rings. The Labute approximate surface area is 96.6 Å². The van der Waals surface area contributed by atoms with Crippen LogP contribution < -0.4 is 0 Å². The first-order chi connectivity index (χ1) is 7.27. The molecule has 1 nitrogen and oxygen atoms in total. The van der Waals surface area contributed by atoms with Crippen LogP contribution in [0.3, 0.4) is 0 Å². The van der Waals surface area contributed by atoms with Crippen molar-refractivity contribution in [1.82, 2.24) is 4.90 Å². The van der Waals surface area contributed by atoms with Gasteiger partial charge in [0.05, 0.1) is 0 Å². The summed E-state index contributed by atoms with van der Waals surface area (Å²) in [5.74, 6) is 0. The standard InChI is InChI=1S/C14H29N/c1-4-5-6-7-8-9-10-11-12-13-14-15(2)3/h6-7H,4-5,8-14H2,1-3H3. The number of nitrogens with zero attached hydrogens (tertiary/aromatic N) is 1. The molecule has 90 valence electrons. The molecule has 0 spiro atoms. The third kappa shape index (κ3) is 13.7. The monoisotopic (exact) mass is 211 g/mol. The largest absolute Gasteiger partial charge is 0.309 e. The molecule has 0 bridgehead atoms. The molecule has 0 atom stereocenters. The maximum Gasteiger partial charge on any atom is -0.00248 e. The Balaban J connectivity index is 2.98. The van der Waals surface area contributed by atoms with Crippen LogP contribution in [0.25, 0.3) is 0 Å². The van der Waals surface area contributed by atoms with Gasteiger partial charge in [-0.15, -0.1) is 0 Å². The summed E-state index contributed by atoms with van der Waals surface area (Å²) in [6.45, 7) is 3.48. The molecule has 0 rings (SSSR count). The lowest BCUT2D eigenvalue weighted by Gasteiger charge is -2.08. The van der Waals surface area contributed by atoms with Crippen molar-refractivity contribution in [3.8, 4) is 0 Å². The Bertz CT molecular complexity index is 138. The predicted molar refractivity (Wildman–Crippen MR) is 70.3 cm³/mol. The van der Waals surface area contributed by atoms with E-state index in [0.717, 1.165) is 0 Å². The first-order valence-corrected chi connectivity index (χ1v) is 6.57. The van der Waals surface area contributed by atoms with Crippen LogP contribution in [-0.4, -0.2) is 25.5 Å². The molecule has 0 aliphatic heterocycles. The summed E-state index contributed by atoms with van der Waals surface area (Å²) in [6, 6.07) is 0. The van der Waals surface area contributed by atoms with Crippen LogP contribution in [0.1, 0.15) is 58.3 Å². The minimum absolute atomic E-state index is 1.25. The molecule has 0 aliphatic carbocycles. The van der Waals surface area contributed by atoms with Gasteiger partial charge in [-0.3, -0.25) is 0 Å². The van der Waals surface area contributed by atoms with Gasteiger partial charge < -0.3 is 4.90 Å². The molecule has 0 aliphatic rings. The van der Waals surface area contributed by atoms with Crippen molar-refractivity contribution < 1.29 is 0 Å². The van der Waals surface area contributed by atoms with E-state index < -0.39 is 0 Å². The second kappa shape index (κ2) is 11.8. The van der Waals surface area contributed by atoms with E-state index >= 15 is 0 Å². The van der Waals surface area contributed by atoms with E-state index in [1.807, 2.05) is 0 Å². The summed E-state index contributed by atoms with van der Waals surface area (Å²) in [7, 11) is 4.30. The third-order valence-electron chi connectivity index (χ3n) is 2.60. The summed E-state index contributed by atoms with van der Waals surface area (Å²) >= 11 is 0. The fraction of sp³-hybridized carbons (Fsp3) is 0.857. The Morgan fingerprint density at radius 2 is 1.40 bits per heavy atom. The zero-order chi connectivity index (χ0) is 11.4. The van der Waals surface area contributed by atoms with Crippen LogP contribution in [0.4, 0.5) is 0 Å². The predicted octanol–water partition coefficient (Wildman–Crippen LogP) is 4.24. The molecule has 0 aromatic heterocycles. The van der Waals surface area contributed by atoms with E-state index in [9.17, 15) is 0 Å². The number of allylic oxidation sites excluding steroid dienone is 2. The fourth-order valence-corrected chi connectivity index (χ4v) is 1.62. The molecular weight excluding hydrogens is 182 g/mol. The summed E-state index contributed by atoms with van der Waals surface area (Å²) < 4.78 is 0. The van der Waals surface area contributed by atoms with Gasteiger partial charge in [0, 0.05) is 0 Å². The normalized spacial score (nSPS) is 11.7. The van der Waals surface area contributed by atoms with Crippen molar-refractivity contribution in [2.45, 2.75) is 58.3 Å². The molecular formula is C14H29N. The minimum Gasteiger partial charge on any atom is -0.309 e. The highest BCUT2D eigenvalue weighted by Gasteiger charge is 1.91. The number of unbranched alkanes of at least 4 members (excludes halogenated alkanes) is 6. The highest BCUT2D eigenvalue weighted by atomic mass is 15.0. The topological polar surface area (TPSA) is 3.24 Å². The Morgan fingerprint density at radius 3 is 2.07 bits per heavy atom. The summed E-state index contributed by atoms with van der Waals surface area (Å²) in [4.78, 5) is 2.27. The lowest BCUT2D eigenvalue weighted by molar-refractivity contribution is 0.390. The van der Waals surface area contributed by atoms with Crippen molar-refractivity contribution >= 4 is 0 Å². The zero-order valence-corrected chi connectivity index (χ0v) is 11.0. The lowest BCUT2D eigenvalue weighted by atomic mass is 10.1. The van der Waals surface area contributed by atoms with Gasteiger partial charge in [-0.25, -0.2) is 0 Å². The third-order valence-corrected chi connectivity index (χ3v) is 2.60. The van der Waals surface area contributed by atoms with Crippen LogP contribution >= 0.6 is 0 Å². The van der Waals surface area contributed by atoms with E-state index in [2.05, 4.69) is 38.1 Å². The maximum atomic E-state index is 2.35. The average Bonchev–Trinajstić information content (AvgIpc) is 2.20. The van der Waals surface area contributed by atoms with Crippen molar-refractivity contribution in [2.24, 2.45) is 0 Å². The second-order valence-electron chi connectivity index (χ2n) is 4.62. The van der Waals surface area contributed by atoms with Crippen LogP contribution in [-0.2, 0) is 0 Å². The molecule has 15 heavy (non-hydrogen) atoms.